The first-order valence-electron chi connectivity index (χ1n) is 9.00. The Morgan fingerprint density at radius 3 is 2.60 bits per heavy atom. The first-order valence-corrected chi connectivity index (χ1v) is 9.99. The summed E-state index contributed by atoms with van der Waals surface area (Å²) in [6.07, 6.45) is 2.96. The Hall–Kier alpha value is -3.33. The Labute approximate surface area is 174 Å². The van der Waals surface area contributed by atoms with Gasteiger partial charge in [-0.25, -0.2) is 8.78 Å². The number of hydrogen-bond donors (Lipinski definition) is 0. The van der Waals surface area contributed by atoms with Crippen LogP contribution in [0, 0.1) is 25.5 Å². The molecule has 0 atom stereocenters. The predicted octanol–water partition coefficient (Wildman–Crippen LogP) is 3.75. The summed E-state index contributed by atoms with van der Waals surface area (Å²) in [6.45, 7) is 3.80. The van der Waals surface area contributed by atoms with Crippen LogP contribution in [0.2, 0.25) is 0 Å². The second-order valence-corrected chi connectivity index (χ2v) is 7.72. The molecule has 4 rings (SSSR count). The van der Waals surface area contributed by atoms with Gasteiger partial charge in [0.25, 0.3) is 0 Å². The first-order chi connectivity index (χ1) is 14.3. The number of carbonyl (C=O) groups is 1. The lowest BCUT2D eigenvalue weighted by Crippen LogP contribution is -2.20. The maximum Gasteiger partial charge on any atom is 0.300 e. The van der Waals surface area contributed by atoms with Crippen molar-refractivity contribution >= 4 is 23.2 Å². The van der Waals surface area contributed by atoms with Crippen molar-refractivity contribution in [3.05, 3.63) is 87.5 Å². The standard InChI is InChI=1S/C21H16F2N4O2S/c1-12-3-4-13(2)15(9-12)18(28)11-30-21-25-24-19-20(29)26(7-8-27(19)21)14-5-6-16(22)17(23)10-14/h3-10H,11H2,1-2H3. The van der Waals surface area contributed by atoms with Gasteiger partial charge in [0.2, 0.25) is 5.65 Å². The van der Waals surface area contributed by atoms with Gasteiger partial charge in [-0.05, 0) is 37.6 Å². The van der Waals surface area contributed by atoms with Gasteiger partial charge in [0.15, 0.2) is 22.6 Å². The van der Waals surface area contributed by atoms with E-state index in [9.17, 15) is 18.4 Å². The molecule has 30 heavy (non-hydrogen) atoms. The number of ketones is 1. The van der Waals surface area contributed by atoms with Gasteiger partial charge in [-0.2, -0.15) is 0 Å². The summed E-state index contributed by atoms with van der Waals surface area (Å²) in [4.78, 5) is 25.3. The summed E-state index contributed by atoms with van der Waals surface area (Å²) in [7, 11) is 0. The number of nitrogens with zero attached hydrogens (tertiary/aromatic N) is 4. The Morgan fingerprint density at radius 1 is 1.03 bits per heavy atom. The van der Waals surface area contributed by atoms with Gasteiger partial charge in [0.1, 0.15) is 0 Å². The third-order valence-electron chi connectivity index (χ3n) is 4.65. The maximum atomic E-state index is 13.5. The monoisotopic (exact) mass is 426 g/mol. The summed E-state index contributed by atoms with van der Waals surface area (Å²) in [5.74, 6) is -1.96. The van der Waals surface area contributed by atoms with Gasteiger partial charge in [-0.3, -0.25) is 18.6 Å². The van der Waals surface area contributed by atoms with E-state index in [-0.39, 0.29) is 22.9 Å². The van der Waals surface area contributed by atoms with Crippen molar-refractivity contribution in [1.29, 1.82) is 0 Å². The molecule has 4 aromatic rings. The van der Waals surface area contributed by atoms with Crippen LogP contribution in [-0.4, -0.2) is 30.7 Å². The van der Waals surface area contributed by atoms with Gasteiger partial charge in [-0.1, -0.05) is 29.5 Å². The fourth-order valence-corrected chi connectivity index (χ4v) is 3.85. The van der Waals surface area contributed by atoms with Crippen LogP contribution in [0.25, 0.3) is 11.3 Å². The average Bonchev–Trinajstić information content (AvgIpc) is 3.14. The van der Waals surface area contributed by atoms with Gasteiger partial charge in [0.05, 0.1) is 11.4 Å². The number of aromatic nitrogens is 4. The minimum absolute atomic E-state index is 0.0175. The predicted molar refractivity (Wildman–Crippen MR) is 109 cm³/mol. The zero-order valence-electron chi connectivity index (χ0n) is 16.1. The molecule has 9 heteroatoms. The number of rotatable bonds is 5. The van der Waals surface area contributed by atoms with E-state index in [0.29, 0.717) is 10.7 Å². The molecule has 0 unspecified atom stereocenters. The SMILES string of the molecule is Cc1ccc(C)c(C(=O)CSc2nnc3c(=O)n(-c4ccc(F)c(F)c4)ccn23)c1. The van der Waals surface area contributed by atoms with E-state index < -0.39 is 17.2 Å². The van der Waals surface area contributed by atoms with Crippen LogP contribution in [0.15, 0.2) is 58.7 Å². The molecule has 0 radical (unpaired) electrons. The largest absolute Gasteiger partial charge is 0.300 e. The summed E-state index contributed by atoms with van der Waals surface area (Å²) >= 11 is 1.17. The molecule has 152 valence electrons. The molecule has 0 spiro atoms. The van der Waals surface area contributed by atoms with E-state index >= 15 is 0 Å². The zero-order valence-corrected chi connectivity index (χ0v) is 16.9. The van der Waals surface area contributed by atoms with Crippen molar-refractivity contribution in [3.8, 4) is 5.69 Å². The molecule has 0 aliphatic carbocycles. The van der Waals surface area contributed by atoms with Crippen LogP contribution in [0.3, 0.4) is 0 Å². The van der Waals surface area contributed by atoms with Crippen LogP contribution < -0.4 is 5.56 Å². The van der Waals surface area contributed by atoms with Crippen molar-refractivity contribution in [2.24, 2.45) is 0 Å². The molecular weight excluding hydrogens is 410 g/mol. The van der Waals surface area contributed by atoms with Crippen LogP contribution in [0.1, 0.15) is 21.5 Å². The second-order valence-electron chi connectivity index (χ2n) is 6.78. The number of fused-ring (bicyclic) bond motifs is 1. The van der Waals surface area contributed by atoms with Crippen molar-refractivity contribution in [1.82, 2.24) is 19.2 Å². The highest BCUT2D eigenvalue weighted by atomic mass is 32.2. The lowest BCUT2D eigenvalue weighted by molar-refractivity contribution is 0.102. The molecule has 2 aromatic heterocycles. The summed E-state index contributed by atoms with van der Waals surface area (Å²) in [5, 5.41) is 8.30. The molecule has 2 aromatic carbocycles. The fourth-order valence-electron chi connectivity index (χ4n) is 3.05. The van der Waals surface area contributed by atoms with E-state index in [1.54, 1.807) is 6.20 Å². The van der Waals surface area contributed by atoms with Gasteiger partial charge in [0, 0.05) is 24.0 Å². The van der Waals surface area contributed by atoms with Crippen molar-refractivity contribution in [2.45, 2.75) is 19.0 Å². The van der Waals surface area contributed by atoms with Crippen LogP contribution in [-0.2, 0) is 0 Å². The maximum absolute atomic E-state index is 13.5. The van der Waals surface area contributed by atoms with Gasteiger partial charge >= 0.3 is 5.56 Å². The molecule has 2 heterocycles. The third-order valence-corrected chi connectivity index (χ3v) is 5.59. The van der Waals surface area contributed by atoms with Crippen LogP contribution >= 0.6 is 11.8 Å². The van der Waals surface area contributed by atoms with Crippen molar-refractivity contribution < 1.29 is 13.6 Å². The lowest BCUT2D eigenvalue weighted by atomic mass is 10.0. The number of Topliss-reactive ketones (excluding diaryl/α,β-unsaturated/α-hetero) is 1. The number of carbonyl (C=O) groups excluding carboxylic acids is 1. The quantitative estimate of drug-likeness (QED) is 0.359. The lowest BCUT2D eigenvalue weighted by Gasteiger charge is -2.07. The molecule has 0 amide bonds. The normalized spacial score (nSPS) is 11.2. The number of aryl methyl sites for hydroxylation is 2. The topological polar surface area (TPSA) is 69.3 Å². The highest BCUT2D eigenvalue weighted by Gasteiger charge is 2.16. The first kappa shape index (κ1) is 20.0. The number of halogens is 2. The van der Waals surface area contributed by atoms with E-state index in [4.69, 9.17) is 0 Å². The zero-order chi connectivity index (χ0) is 21.4. The second kappa shape index (κ2) is 7.83. The molecule has 0 fully saturated rings. The van der Waals surface area contributed by atoms with Crippen LogP contribution in [0.4, 0.5) is 8.78 Å². The molecule has 0 saturated heterocycles. The van der Waals surface area contributed by atoms with E-state index in [0.717, 1.165) is 27.8 Å². The summed E-state index contributed by atoms with van der Waals surface area (Å²) in [6, 6.07) is 8.88. The van der Waals surface area contributed by atoms with Crippen LogP contribution in [0.5, 0.6) is 0 Å². The molecule has 0 saturated carbocycles. The molecule has 0 aliphatic heterocycles. The fraction of sp³-hybridized carbons (Fsp3) is 0.143. The van der Waals surface area contributed by atoms with E-state index in [1.807, 2.05) is 32.0 Å². The Bertz CT molecular complexity index is 1350. The molecule has 0 N–H and O–H groups in total. The minimum atomic E-state index is -1.05. The van der Waals surface area contributed by atoms with E-state index in [2.05, 4.69) is 10.2 Å². The average molecular weight is 426 g/mol. The molecule has 0 aliphatic rings. The number of thioether (sulfide) groups is 1. The molecule has 0 bridgehead atoms. The highest BCUT2D eigenvalue weighted by molar-refractivity contribution is 7.99. The molecule has 6 nitrogen and oxygen atoms in total. The Morgan fingerprint density at radius 2 is 1.83 bits per heavy atom. The van der Waals surface area contributed by atoms with Gasteiger partial charge in [-0.15, -0.1) is 10.2 Å². The van der Waals surface area contributed by atoms with Crippen molar-refractivity contribution in [2.75, 3.05) is 5.75 Å². The van der Waals surface area contributed by atoms with Gasteiger partial charge < -0.3 is 0 Å². The highest BCUT2D eigenvalue weighted by Crippen LogP contribution is 2.20. The third kappa shape index (κ3) is 3.63. The van der Waals surface area contributed by atoms with E-state index in [1.165, 1.54) is 28.4 Å². The summed E-state index contributed by atoms with van der Waals surface area (Å²) < 4.78 is 29.3. The number of benzene rings is 2. The molecular formula is C21H16F2N4O2S. The van der Waals surface area contributed by atoms with Crippen molar-refractivity contribution in [3.63, 3.8) is 0 Å². The Balaban J connectivity index is 1.61. The summed E-state index contributed by atoms with van der Waals surface area (Å²) in [5.41, 5.74) is 2.19. The number of hydrogen-bond acceptors (Lipinski definition) is 5. The minimum Gasteiger partial charge on any atom is -0.293 e. The Kier molecular flexibility index (Phi) is 5.21. The smallest absolute Gasteiger partial charge is 0.293 e.